The Labute approximate surface area is 227 Å². The van der Waals surface area contributed by atoms with Crippen molar-refractivity contribution in [1.82, 2.24) is 4.98 Å². The summed E-state index contributed by atoms with van der Waals surface area (Å²) in [6.45, 7) is 0. The second-order valence-electron chi connectivity index (χ2n) is 11.2. The van der Waals surface area contributed by atoms with Gasteiger partial charge in [0, 0.05) is 28.4 Å². The van der Waals surface area contributed by atoms with Gasteiger partial charge in [-0.3, -0.25) is 9.78 Å². The molecule has 5 nitrogen and oxygen atoms in total. The van der Waals surface area contributed by atoms with E-state index in [1.54, 1.807) is 12.3 Å². The lowest BCUT2D eigenvalue weighted by molar-refractivity contribution is 0.253. The highest BCUT2D eigenvalue weighted by Crippen LogP contribution is 2.41. The molecule has 0 unspecified atom stereocenters. The first kappa shape index (κ1) is 24.0. The Bertz CT molecular complexity index is 1730. The van der Waals surface area contributed by atoms with Gasteiger partial charge in [0.05, 0.1) is 10.9 Å². The largest absolute Gasteiger partial charge is 0.453 e. The molecule has 0 atom stereocenters. The molecule has 3 aromatic carbocycles. The number of rotatable bonds is 5. The second-order valence-corrected chi connectivity index (χ2v) is 11.2. The number of hydrogen-bond donors (Lipinski definition) is 2. The van der Waals surface area contributed by atoms with Gasteiger partial charge in [-0.15, -0.1) is 0 Å². The van der Waals surface area contributed by atoms with E-state index in [0.717, 1.165) is 66.3 Å². The molecule has 2 aliphatic rings. The zero-order chi connectivity index (χ0) is 26.6. The van der Waals surface area contributed by atoms with Crippen LogP contribution in [-0.2, 0) is 11.1 Å². The highest BCUT2D eigenvalue weighted by atomic mass is 16.3. The summed E-state index contributed by atoms with van der Waals surface area (Å²) in [7, 11) is 0. The van der Waals surface area contributed by atoms with Crippen LogP contribution in [0.5, 0.6) is 0 Å². The zero-order valence-corrected chi connectivity index (χ0v) is 21.8. The molecule has 7 rings (SSSR count). The van der Waals surface area contributed by atoms with Crippen molar-refractivity contribution < 1.29 is 4.42 Å². The fraction of sp³-hybridized carbons (Fsp3) is 0.235. The van der Waals surface area contributed by atoms with Gasteiger partial charge in [0.1, 0.15) is 11.5 Å². The van der Waals surface area contributed by atoms with E-state index in [1.807, 2.05) is 54.6 Å². The third kappa shape index (κ3) is 3.92. The van der Waals surface area contributed by atoms with Crippen LogP contribution >= 0.6 is 0 Å². The van der Waals surface area contributed by atoms with Crippen LogP contribution in [0.1, 0.15) is 49.7 Å². The number of nitrogens with zero attached hydrogens (tertiary/aromatic N) is 1. The van der Waals surface area contributed by atoms with Crippen LogP contribution in [0.3, 0.4) is 0 Å². The average molecular weight is 514 g/mol. The minimum Gasteiger partial charge on any atom is -0.453 e. The number of pyridine rings is 1. The lowest BCUT2D eigenvalue weighted by atomic mass is 9.72. The number of nitrogens with two attached hydrogens (primary N) is 2. The predicted octanol–water partition coefficient (Wildman–Crippen LogP) is 6.86. The van der Waals surface area contributed by atoms with Crippen molar-refractivity contribution in [2.45, 2.75) is 49.6 Å². The summed E-state index contributed by atoms with van der Waals surface area (Å²) in [6.07, 6.45) is 7.98. The van der Waals surface area contributed by atoms with Crippen molar-refractivity contribution in [2.75, 3.05) is 0 Å². The van der Waals surface area contributed by atoms with Crippen molar-refractivity contribution in [3.05, 3.63) is 112 Å². The smallest absolute Gasteiger partial charge is 0.201 e. The van der Waals surface area contributed by atoms with Crippen molar-refractivity contribution in [3.8, 4) is 33.7 Å². The van der Waals surface area contributed by atoms with Gasteiger partial charge in [-0.1, -0.05) is 78.9 Å². The van der Waals surface area contributed by atoms with Gasteiger partial charge in [0.25, 0.3) is 0 Å². The molecule has 0 aliphatic heterocycles. The molecule has 2 heterocycles. The van der Waals surface area contributed by atoms with E-state index in [1.165, 1.54) is 0 Å². The number of hydrogen-bond acceptors (Lipinski definition) is 5. The molecule has 4 N–H and O–H groups in total. The molecule has 194 valence electrons. The summed E-state index contributed by atoms with van der Waals surface area (Å²) in [4.78, 5) is 18.8. The topological polar surface area (TPSA) is 95.1 Å². The summed E-state index contributed by atoms with van der Waals surface area (Å²) in [6, 6.07) is 27.9. The number of benzene rings is 3. The monoisotopic (exact) mass is 513 g/mol. The third-order valence-corrected chi connectivity index (χ3v) is 8.82. The van der Waals surface area contributed by atoms with Crippen LogP contribution in [0.4, 0.5) is 0 Å². The van der Waals surface area contributed by atoms with Crippen molar-refractivity contribution in [2.24, 2.45) is 11.5 Å². The summed E-state index contributed by atoms with van der Waals surface area (Å²) in [5.74, 6) is 0.535. The molecule has 2 aromatic heterocycles. The van der Waals surface area contributed by atoms with Crippen LogP contribution in [0.15, 0.2) is 100 Å². The van der Waals surface area contributed by atoms with Crippen molar-refractivity contribution >= 4 is 11.0 Å². The fourth-order valence-electron chi connectivity index (χ4n) is 6.00. The average Bonchev–Trinajstić information content (AvgIpc) is 2.95. The molecule has 39 heavy (non-hydrogen) atoms. The summed E-state index contributed by atoms with van der Waals surface area (Å²) >= 11 is 0. The molecule has 0 saturated heterocycles. The van der Waals surface area contributed by atoms with Gasteiger partial charge in [0.15, 0.2) is 5.58 Å². The predicted molar refractivity (Wildman–Crippen MR) is 156 cm³/mol. The van der Waals surface area contributed by atoms with Gasteiger partial charge >= 0.3 is 0 Å². The Balaban J connectivity index is 1.40. The maximum absolute atomic E-state index is 14.2. The first-order valence-electron chi connectivity index (χ1n) is 13.8. The number of fused-ring (bicyclic) bond motifs is 1. The van der Waals surface area contributed by atoms with Crippen LogP contribution in [0, 0.1) is 0 Å². The Kier molecular flexibility index (Phi) is 5.55. The Hall–Kier alpha value is -4.06. The molecular formula is C34H31N3O2. The Morgan fingerprint density at radius 3 is 1.77 bits per heavy atom. The van der Waals surface area contributed by atoms with E-state index in [4.69, 9.17) is 15.9 Å². The molecule has 5 heteroatoms. The van der Waals surface area contributed by atoms with E-state index >= 15 is 0 Å². The van der Waals surface area contributed by atoms with Gasteiger partial charge in [0.2, 0.25) is 5.43 Å². The van der Waals surface area contributed by atoms with Crippen LogP contribution in [0.2, 0.25) is 0 Å². The molecule has 0 amide bonds. The first-order chi connectivity index (χ1) is 19.0. The van der Waals surface area contributed by atoms with Gasteiger partial charge < -0.3 is 15.9 Å². The number of aromatic nitrogens is 1. The van der Waals surface area contributed by atoms with Crippen LogP contribution in [0.25, 0.3) is 44.7 Å². The Morgan fingerprint density at radius 2 is 1.23 bits per heavy atom. The maximum Gasteiger partial charge on any atom is 0.201 e. The maximum atomic E-state index is 14.2. The quantitative estimate of drug-likeness (QED) is 0.268. The van der Waals surface area contributed by atoms with Crippen LogP contribution in [-0.4, -0.2) is 4.98 Å². The van der Waals surface area contributed by atoms with Crippen molar-refractivity contribution in [1.29, 1.82) is 0 Å². The SMILES string of the molecule is NC1(c2ccc(-c3c(-c4ccccc4)oc4c(-c5ccc(C6(N)CCC6)cc5)nccc4c3=O)cc2)CCC1. The third-order valence-electron chi connectivity index (χ3n) is 8.82. The fourth-order valence-corrected chi connectivity index (χ4v) is 6.00. The standard InChI is InChI=1S/C34H31N3O2/c35-33(17-4-18-33)25-12-8-22(9-13-25)28-30(38)27-16-21-37-29(32(27)39-31(28)24-6-2-1-3-7-24)23-10-14-26(15-11-23)34(36)19-5-20-34/h1-3,6-16,21H,4-5,17-20,35-36H2. The molecule has 0 spiro atoms. The molecule has 2 saturated carbocycles. The normalized spacial score (nSPS) is 17.4. The minimum atomic E-state index is -0.257. The Morgan fingerprint density at radius 1 is 0.667 bits per heavy atom. The van der Waals surface area contributed by atoms with E-state index in [9.17, 15) is 4.79 Å². The molecule has 0 bridgehead atoms. The van der Waals surface area contributed by atoms with Crippen LogP contribution < -0.4 is 16.9 Å². The van der Waals surface area contributed by atoms with Gasteiger partial charge in [-0.25, -0.2) is 0 Å². The van der Waals surface area contributed by atoms with Gasteiger partial charge in [-0.2, -0.15) is 0 Å². The lowest BCUT2D eigenvalue weighted by Crippen LogP contribution is -2.43. The first-order valence-corrected chi connectivity index (χ1v) is 13.8. The highest BCUT2D eigenvalue weighted by molar-refractivity contribution is 5.95. The highest BCUT2D eigenvalue weighted by Gasteiger charge is 2.35. The van der Waals surface area contributed by atoms with E-state index in [-0.39, 0.29) is 16.5 Å². The lowest BCUT2D eigenvalue weighted by Gasteiger charge is -2.38. The molecule has 0 radical (unpaired) electrons. The minimum absolute atomic E-state index is 0.0791. The van der Waals surface area contributed by atoms with Gasteiger partial charge in [-0.05, 0) is 61.3 Å². The summed E-state index contributed by atoms with van der Waals surface area (Å²) in [5, 5.41) is 0.506. The summed E-state index contributed by atoms with van der Waals surface area (Å²) < 4.78 is 6.65. The molecule has 5 aromatic rings. The van der Waals surface area contributed by atoms with E-state index < -0.39 is 0 Å². The zero-order valence-electron chi connectivity index (χ0n) is 21.8. The van der Waals surface area contributed by atoms with E-state index in [2.05, 4.69) is 29.2 Å². The summed E-state index contributed by atoms with van der Waals surface area (Å²) in [5.41, 5.74) is 19.0. The molecule has 2 fully saturated rings. The second kappa shape index (κ2) is 9.01. The molecule has 2 aliphatic carbocycles. The molecular weight excluding hydrogens is 482 g/mol. The van der Waals surface area contributed by atoms with E-state index in [0.29, 0.717) is 28.0 Å². The van der Waals surface area contributed by atoms with Crippen molar-refractivity contribution in [3.63, 3.8) is 0 Å².